The zero-order chi connectivity index (χ0) is 26.6. The summed E-state index contributed by atoms with van der Waals surface area (Å²) in [6.07, 6.45) is 1.34. The minimum Gasteiger partial charge on any atom is -0.494 e. The highest BCUT2D eigenvalue weighted by Crippen LogP contribution is 2.18. The van der Waals surface area contributed by atoms with Crippen molar-refractivity contribution in [3.8, 4) is 5.75 Å². The third kappa shape index (κ3) is 9.41. The fourth-order valence-electron chi connectivity index (χ4n) is 4.06. The number of nitrogens with zero attached hydrogens (tertiary/aromatic N) is 1. The molecule has 0 spiro atoms. The van der Waals surface area contributed by atoms with Crippen LogP contribution in [0.15, 0.2) is 78.9 Å². The van der Waals surface area contributed by atoms with Gasteiger partial charge in [-0.1, -0.05) is 91.7 Å². The van der Waals surface area contributed by atoms with Crippen molar-refractivity contribution in [2.45, 2.75) is 59.5 Å². The number of hydrogen-bond acceptors (Lipinski definition) is 3. The van der Waals surface area contributed by atoms with Gasteiger partial charge in [0, 0.05) is 25.9 Å². The number of benzene rings is 3. The summed E-state index contributed by atoms with van der Waals surface area (Å²) in [5, 5.41) is 3.07. The zero-order valence-electron chi connectivity index (χ0n) is 22.6. The van der Waals surface area contributed by atoms with Crippen molar-refractivity contribution in [3.63, 3.8) is 0 Å². The normalized spacial score (nSPS) is 11.7. The first-order valence-electron chi connectivity index (χ1n) is 13.2. The number of amides is 2. The molecule has 5 heteroatoms. The molecule has 0 aliphatic heterocycles. The summed E-state index contributed by atoms with van der Waals surface area (Å²) in [6.45, 7) is 9.60. The van der Waals surface area contributed by atoms with E-state index in [1.165, 1.54) is 5.56 Å². The molecule has 0 saturated heterocycles. The third-order valence-electron chi connectivity index (χ3n) is 6.25. The van der Waals surface area contributed by atoms with Gasteiger partial charge in [0.1, 0.15) is 11.8 Å². The van der Waals surface area contributed by atoms with Crippen LogP contribution in [0, 0.1) is 19.8 Å². The van der Waals surface area contributed by atoms with Gasteiger partial charge in [-0.05, 0) is 49.4 Å². The van der Waals surface area contributed by atoms with Gasteiger partial charge >= 0.3 is 0 Å². The van der Waals surface area contributed by atoms with Crippen molar-refractivity contribution >= 4 is 11.8 Å². The Balaban J connectivity index is 1.77. The van der Waals surface area contributed by atoms with Crippen LogP contribution < -0.4 is 10.1 Å². The molecule has 0 aliphatic carbocycles. The van der Waals surface area contributed by atoms with E-state index in [0.717, 1.165) is 22.4 Å². The van der Waals surface area contributed by atoms with Crippen LogP contribution in [0.25, 0.3) is 0 Å². The van der Waals surface area contributed by atoms with Crippen LogP contribution >= 0.6 is 0 Å². The number of aryl methyl sites for hydroxylation is 2. The predicted octanol–water partition coefficient (Wildman–Crippen LogP) is 5.87. The molecule has 0 bridgehead atoms. The Morgan fingerprint density at radius 1 is 0.838 bits per heavy atom. The Morgan fingerprint density at radius 3 is 2.08 bits per heavy atom. The van der Waals surface area contributed by atoms with E-state index >= 15 is 0 Å². The molecule has 0 aromatic heterocycles. The smallest absolute Gasteiger partial charge is 0.243 e. The summed E-state index contributed by atoms with van der Waals surface area (Å²) in [5.74, 6) is 0.953. The summed E-state index contributed by atoms with van der Waals surface area (Å²) in [7, 11) is 0. The van der Waals surface area contributed by atoms with Gasteiger partial charge in [-0.3, -0.25) is 9.59 Å². The molecule has 0 fully saturated rings. The molecule has 1 N–H and O–H groups in total. The van der Waals surface area contributed by atoms with E-state index in [0.29, 0.717) is 44.9 Å². The van der Waals surface area contributed by atoms with Gasteiger partial charge in [0.15, 0.2) is 0 Å². The second-order valence-electron chi connectivity index (χ2n) is 10.1. The maximum absolute atomic E-state index is 13.6. The van der Waals surface area contributed by atoms with Gasteiger partial charge < -0.3 is 15.0 Å². The molecule has 2 amide bonds. The maximum atomic E-state index is 13.6. The quantitative estimate of drug-likeness (QED) is 0.298. The van der Waals surface area contributed by atoms with Crippen molar-refractivity contribution < 1.29 is 14.3 Å². The number of carbonyl (C=O) groups is 2. The van der Waals surface area contributed by atoms with Crippen LogP contribution in [-0.4, -0.2) is 35.9 Å². The SMILES string of the molecule is Cc1ccc(CN(C(=O)CCCOc2ccc(C)cc2)[C@@H](Cc2ccccc2)C(=O)NCC(C)C)cc1. The molecule has 1 atom stereocenters. The fourth-order valence-corrected chi connectivity index (χ4v) is 4.06. The van der Waals surface area contributed by atoms with Gasteiger partial charge in [-0.25, -0.2) is 0 Å². The molecule has 0 aliphatic rings. The van der Waals surface area contributed by atoms with Gasteiger partial charge in [0.05, 0.1) is 6.61 Å². The monoisotopic (exact) mass is 500 g/mol. The minimum absolute atomic E-state index is 0.0475. The molecular weight excluding hydrogens is 460 g/mol. The maximum Gasteiger partial charge on any atom is 0.243 e. The van der Waals surface area contributed by atoms with E-state index in [4.69, 9.17) is 4.74 Å². The van der Waals surface area contributed by atoms with Gasteiger partial charge in [0.2, 0.25) is 11.8 Å². The topological polar surface area (TPSA) is 58.6 Å². The molecule has 196 valence electrons. The Bertz CT molecular complexity index is 1110. The molecule has 0 unspecified atom stereocenters. The molecule has 37 heavy (non-hydrogen) atoms. The third-order valence-corrected chi connectivity index (χ3v) is 6.25. The van der Waals surface area contributed by atoms with Crippen molar-refractivity contribution in [3.05, 3.63) is 101 Å². The van der Waals surface area contributed by atoms with Crippen LogP contribution in [-0.2, 0) is 22.6 Å². The number of hydrogen-bond donors (Lipinski definition) is 1. The molecule has 0 radical (unpaired) electrons. The second kappa shape index (κ2) is 14.2. The lowest BCUT2D eigenvalue weighted by Crippen LogP contribution is -2.51. The van der Waals surface area contributed by atoms with E-state index in [9.17, 15) is 9.59 Å². The molecule has 3 aromatic carbocycles. The minimum atomic E-state index is -0.604. The van der Waals surface area contributed by atoms with E-state index in [1.807, 2.05) is 92.7 Å². The van der Waals surface area contributed by atoms with E-state index in [2.05, 4.69) is 19.2 Å². The van der Waals surface area contributed by atoms with E-state index in [-0.39, 0.29) is 11.8 Å². The summed E-state index contributed by atoms with van der Waals surface area (Å²) in [4.78, 5) is 28.8. The molecular formula is C32H40N2O3. The first-order valence-corrected chi connectivity index (χ1v) is 13.2. The molecule has 3 rings (SSSR count). The molecule has 0 heterocycles. The number of carbonyl (C=O) groups excluding carboxylic acids is 2. The molecule has 5 nitrogen and oxygen atoms in total. The largest absolute Gasteiger partial charge is 0.494 e. The van der Waals surface area contributed by atoms with Crippen LogP contribution in [0.3, 0.4) is 0 Å². The Labute approximate surface area is 221 Å². The van der Waals surface area contributed by atoms with E-state index < -0.39 is 6.04 Å². The van der Waals surface area contributed by atoms with Gasteiger partial charge in [0.25, 0.3) is 0 Å². The highest BCUT2D eigenvalue weighted by atomic mass is 16.5. The summed E-state index contributed by atoms with van der Waals surface area (Å²) >= 11 is 0. The van der Waals surface area contributed by atoms with Crippen molar-refractivity contribution in [1.29, 1.82) is 0 Å². The fraction of sp³-hybridized carbons (Fsp3) is 0.375. The average molecular weight is 501 g/mol. The lowest BCUT2D eigenvalue weighted by Gasteiger charge is -2.32. The van der Waals surface area contributed by atoms with Crippen molar-refractivity contribution in [2.75, 3.05) is 13.2 Å². The molecule has 0 saturated carbocycles. The summed E-state index contributed by atoms with van der Waals surface area (Å²) in [6, 6.07) is 25.3. The number of ether oxygens (including phenoxy) is 1. The van der Waals surface area contributed by atoms with Crippen LogP contribution in [0.5, 0.6) is 5.75 Å². The predicted molar refractivity (Wildman–Crippen MR) is 149 cm³/mol. The van der Waals surface area contributed by atoms with Crippen molar-refractivity contribution in [2.24, 2.45) is 5.92 Å². The Kier molecular flexibility index (Phi) is 10.8. The first-order chi connectivity index (χ1) is 17.8. The zero-order valence-corrected chi connectivity index (χ0v) is 22.6. The van der Waals surface area contributed by atoms with Crippen LogP contribution in [0.2, 0.25) is 0 Å². The Hall–Kier alpha value is -3.60. The lowest BCUT2D eigenvalue weighted by molar-refractivity contribution is -0.141. The summed E-state index contributed by atoms with van der Waals surface area (Å²) in [5.41, 5.74) is 4.36. The standard InChI is InChI=1S/C32H40N2O3/c1-24(2)22-33-32(36)30(21-27-9-6-5-7-10-27)34(23-28-16-12-25(3)13-17-28)31(35)11-8-20-37-29-18-14-26(4)15-19-29/h5-7,9-10,12-19,24,30H,8,11,20-23H2,1-4H3,(H,33,36)/t30-/m0/s1. The van der Waals surface area contributed by atoms with Crippen molar-refractivity contribution in [1.82, 2.24) is 10.2 Å². The average Bonchev–Trinajstić information content (AvgIpc) is 2.89. The van der Waals surface area contributed by atoms with Gasteiger partial charge in [-0.15, -0.1) is 0 Å². The number of rotatable bonds is 13. The number of nitrogens with one attached hydrogen (secondary N) is 1. The molecule has 3 aromatic rings. The summed E-state index contributed by atoms with van der Waals surface area (Å²) < 4.78 is 5.84. The highest BCUT2D eigenvalue weighted by Gasteiger charge is 2.30. The highest BCUT2D eigenvalue weighted by molar-refractivity contribution is 5.88. The first kappa shape index (κ1) is 28.0. The van der Waals surface area contributed by atoms with Crippen LogP contribution in [0.4, 0.5) is 0 Å². The van der Waals surface area contributed by atoms with E-state index in [1.54, 1.807) is 4.90 Å². The second-order valence-corrected chi connectivity index (χ2v) is 10.1. The van der Waals surface area contributed by atoms with Gasteiger partial charge in [-0.2, -0.15) is 0 Å². The van der Waals surface area contributed by atoms with Crippen LogP contribution in [0.1, 0.15) is 48.9 Å². The lowest BCUT2D eigenvalue weighted by atomic mass is 10.0. The Morgan fingerprint density at radius 2 is 1.46 bits per heavy atom.